The number of phenolic OH excluding ortho intramolecular Hbond substituents is 1. The molecule has 0 saturated carbocycles. The summed E-state index contributed by atoms with van der Waals surface area (Å²) >= 11 is 0. The molecule has 56 heavy (non-hydrogen) atoms. The highest BCUT2D eigenvalue weighted by atomic mass is 16.6. The number of para-hydroxylation sites is 1. The number of anilines is 2. The molecule has 1 fully saturated rings. The summed E-state index contributed by atoms with van der Waals surface area (Å²) in [6.07, 6.45) is 1.32. The molecular weight excluding hydrogens is 716 g/mol. The molecule has 5 aromatic rings. The first-order valence-corrected chi connectivity index (χ1v) is 18.4. The lowest BCUT2D eigenvalue weighted by atomic mass is 10.0. The summed E-state index contributed by atoms with van der Waals surface area (Å²) in [7, 11) is 1.54. The monoisotopic (exact) mass is 763 g/mol. The summed E-state index contributed by atoms with van der Waals surface area (Å²) in [4.78, 5) is 42.6. The normalized spacial score (nSPS) is 14.1. The highest BCUT2D eigenvalue weighted by molar-refractivity contribution is 5.94. The molecule has 10 N–H and O–H groups in total. The third kappa shape index (κ3) is 10.1. The van der Waals surface area contributed by atoms with Crippen molar-refractivity contribution in [2.45, 2.75) is 38.0 Å². The molecule has 0 unspecified atom stereocenters. The summed E-state index contributed by atoms with van der Waals surface area (Å²) in [5, 5.41) is 36.1. The van der Waals surface area contributed by atoms with Crippen LogP contribution in [0.15, 0.2) is 101 Å². The van der Waals surface area contributed by atoms with E-state index in [9.17, 15) is 24.6 Å². The van der Waals surface area contributed by atoms with Crippen LogP contribution in [-0.4, -0.2) is 77.8 Å². The van der Waals surface area contributed by atoms with Crippen LogP contribution in [0.1, 0.15) is 36.5 Å². The van der Waals surface area contributed by atoms with E-state index < -0.39 is 12.2 Å². The molecule has 0 radical (unpaired) electrons. The van der Waals surface area contributed by atoms with Gasteiger partial charge in [-0.1, -0.05) is 54.6 Å². The third-order valence-electron chi connectivity index (χ3n) is 9.70. The summed E-state index contributed by atoms with van der Waals surface area (Å²) in [5.41, 5.74) is 4.97. The number of methoxy groups -OCH3 is 1. The summed E-state index contributed by atoms with van der Waals surface area (Å²) in [6, 6.07) is 27.0. The minimum Gasteiger partial charge on any atom is -0.506 e. The number of aliphatic hydroxyl groups excluding tert-OH is 1. The number of hydrogen-bond donors (Lipinski definition) is 8. The van der Waals surface area contributed by atoms with Crippen LogP contribution in [0.25, 0.3) is 22.0 Å². The smallest absolute Gasteiger partial charge is 0.411 e. The second-order valence-corrected chi connectivity index (χ2v) is 13.4. The fourth-order valence-corrected chi connectivity index (χ4v) is 6.82. The van der Waals surface area contributed by atoms with E-state index in [4.69, 9.17) is 15.3 Å². The molecule has 4 aromatic carbocycles. The molecule has 2 heterocycles. The van der Waals surface area contributed by atoms with Gasteiger partial charge in [0.15, 0.2) is 5.69 Å². The number of H-pyrrole nitrogens is 1. The van der Waals surface area contributed by atoms with E-state index in [1.807, 2.05) is 60.7 Å². The molecule has 15 heteroatoms. The number of nitrogens with one attached hydrogen (secondary N) is 4. The Labute approximate surface area is 323 Å². The van der Waals surface area contributed by atoms with Crippen LogP contribution >= 0.6 is 0 Å². The van der Waals surface area contributed by atoms with Crippen molar-refractivity contribution in [3.05, 3.63) is 112 Å². The van der Waals surface area contributed by atoms with Crippen molar-refractivity contribution >= 4 is 46.3 Å². The summed E-state index contributed by atoms with van der Waals surface area (Å²) in [5.74, 6) is 5.64. The Kier molecular flexibility index (Phi) is 13.3. The molecule has 15 nitrogen and oxygen atoms in total. The topological polar surface area (TPSA) is 220 Å². The van der Waals surface area contributed by atoms with Crippen LogP contribution in [0.3, 0.4) is 0 Å². The molecular formula is C41H47N8O7+. The zero-order chi connectivity index (χ0) is 39.4. The van der Waals surface area contributed by atoms with Crippen molar-refractivity contribution in [1.82, 2.24) is 15.2 Å². The van der Waals surface area contributed by atoms with Gasteiger partial charge < -0.3 is 46.0 Å². The van der Waals surface area contributed by atoms with Gasteiger partial charge in [-0.2, -0.15) is 0 Å². The Morgan fingerprint density at radius 3 is 2.55 bits per heavy atom. The average Bonchev–Trinajstić information content (AvgIpc) is 3.21. The highest BCUT2D eigenvalue weighted by Crippen LogP contribution is 2.31. The number of aromatic amines is 1. The molecule has 292 valence electrons. The van der Waals surface area contributed by atoms with Crippen LogP contribution in [0, 0.1) is 0 Å². The van der Waals surface area contributed by atoms with E-state index in [1.54, 1.807) is 23.5 Å². The fourth-order valence-electron chi connectivity index (χ4n) is 6.82. The largest absolute Gasteiger partial charge is 0.506 e. The number of quaternary nitrogens is 1. The lowest BCUT2D eigenvalue weighted by molar-refractivity contribution is -0.432. The van der Waals surface area contributed by atoms with Gasteiger partial charge in [-0.3, -0.25) is 20.2 Å². The van der Waals surface area contributed by atoms with Crippen LogP contribution in [0.2, 0.25) is 0 Å². The number of phenols is 1. The molecule has 1 aromatic heterocycles. The number of ether oxygens (including phenoxy) is 2. The van der Waals surface area contributed by atoms with Gasteiger partial charge >= 0.3 is 6.09 Å². The van der Waals surface area contributed by atoms with Crippen molar-refractivity contribution in [3.8, 4) is 22.6 Å². The number of carbonyl (C=O) groups is 2. The van der Waals surface area contributed by atoms with Crippen LogP contribution in [-0.2, 0) is 16.1 Å². The molecule has 1 atom stereocenters. The van der Waals surface area contributed by atoms with E-state index in [2.05, 4.69) is 30.9 Å². The Bertz CT molecular complexity index is 2220. The molecule has 1 saturated heterocycles. The number of aromatic hydroxyl groups is 1. The van der Waals surface area contributed by atoms with Gasteiger partial charge in [-0.05, 0) is 42.2 Å². The van der Waals surface area contributed by atoms with Gasteiger partial charge in [0.25, 0.3) is 0 Å². The van der Waals surface area contributed by atoms with Crippen molar-refractivity contribution in [2.24, 2.45) is 10.9 Å². The predicted molar refractivity (Wildman–Crippen MR) is 215 cm³/mol. The Morgan fingerprint density at radius 1 is 1.02 bits per heavy atom. The van der Waals surface area contributed by atoms with Gasteiger partial charge in [0, 0.05) is 73.9 Å². The standard InChI is InChI=1S/C41H46N8O7/c1-55-37-22-34(33(44-25-45-42)21-27(37)23-43-24-36(51)30-11-13-35(50)40-31(30)12-14-38(52)48-40)46-39(53)17-20-49-18-15-28(16-19-49)56-41(54)47-32-10-6-5-9-29(32)26-7-3-2-4-8-26/h2-14,21-22,25,28,36,43,50-51H,15-20,23-24,42H2,1H3,(H,44,45)(H,46,53)(H,47,54)(H,48,52)/p+1/t36-/m0/s1. The second kappa shape index (κ2) is 18.9. The molecule has 0 aliphatic carbocycles. The number of amides is 2. The number of aliphatic hydroxyl groups is 1. The number of carbonyl (C=O) groups excluding carboxylic acids is 2. The van der Waals surface area contributed by atoms with Crippen LogP contribution in [0.5, 0.6) is 11.5 Å². The second-order valence-electron chi connectivity index (χ2n) is 13.4. The molecule has 1 aliphatic rings. The number of likely N-dealkylation sites (tertiary alicyclic amines) is 1. The first kappa shape index (κ1) is 39.4. The Morgan fingerprint density at radius 2 is 1.79 bits per heavy atom. The first-order valence-electron chi connectivity index (χ1n) is 18.4. The minimum absolute atomic E-state index is 0.0845. The van der Waals surface area contributed by atoms with E-state index >= 15 is 0 Å². The maximum Gasteiger partial charge on any atom is 0.411 e. The Balaban J connectivity index is 0.992. The van der Waals surface area contributed by atoms with E-state index in [0.29, 0.717) is 72.8 Å². The highest BCUT2D eigenvalue weighted by Gasteiger charge is 2.24. The van der Waals surface area contributed by atoms with E-state index in [0.717, 1.165) is 16.7 Å². The average molecular weight is 764 g/mol. The number of hydrogen-bond acceptors (Lipinski definition) is 11. The Hall–Kier alpha value is -6.26. The fraction of sp³-hybridized carbons (Fsp3) is 0.268. The number of fused-ring (bicyclic) bond motifs is 1. The van der Waals surface area contributed by atoms with E-state index in [-0.39, 0.29) is 41.8 Å². The number of piperidine rings is 1. The number of rotatable bonds is 15. The van der Waals surface area contributed by atoms with Crippen LogP contribution < -0.4 is 37.4 Å². The van der Waals surface area contributed by atoms with Crippen molar-refractivity contribution in [3.63, 3.8) is 0 Å². The van der Waals surface area contributed by atoms with Crippen molar-refractivity contribution in [1.29, 1.82) is 0 Å². The van der Waals surface area contributed by atoms with Gasteiger partial charge in [0.2, 0.25) is 17.8 Å². The van der Waals surface area contributed by atoms with E-state index in [1.165, 1.54) is 25.6 Å². The first-order chi connectivity index (χ1) is 27.2. The summed E-state index contributed by atoms with van der Waals surface area (Å²) in [6.45, 7) is 2.37. The zero-order valence-electron chi connectivity index (χ0n) is 31.0. The number of benzene rings is 4. The number of nitrogens with zero attached hydrogens (tertiary/aromatic N) is 2. The number of nitrogens with two attached hydrogens (primary N) is 2. The van der Waals surface area contributed by atoms with Gasteiger partial charge in [0.1, 0.15) is 23.3 Å². The number of aromatic nitrogens is 1. The number of hydrazone groups is 1. The quantitative estimate of drug-likeness (QED) is 0.0253. The van der Waals surface area contributed by atoms with Crippen molar-refractivity contribution < 1.29 is 34.6 Å². The molecule has 1 aliphatic heterocycles. The molecule has 2 amide bonds. The molecule has 0 spiro atoms. The SMILES string of the molecule is COc1cc(NC(=O)CCN2CCC(OC(=O)Nc3ccccc3-c3ccccc3)CC2)c([NH2+]/C=N\N)cc1CNC[C@H](O)c1ccc(O)c2[nH]c(=O)ccc12. The maximum absolute atomic E-state index is 13.2. The lowest BCUT2D eigenvalue weighted by Crippen LogP contribution is -2.76. The van der Waals surface area contributed by atoms with Crippen molar-refractivity contribution in [2.75, 3.05) is 43.9 Å². The van der Waals surface area contributed by atoms with Gasteiger partial charge in [0.05, 0.1) is 24.4 Å². The minimum atomic E-state index is -0.949. The number of pyridine rings is 1. The third-order valence-corrected chi connectivity index (χ3v) is 9.70. The predicted octanol–water partition coefficient (Wildman–Crippen LogP) is 3.87. The van der Waals surface area contributed by atoms with Crippen LogP contribution in [0.4, 0.5) is 21.9 Å². The molecule has 0 bridgehead atoms. The van der Waals surface area contributed by atoms with Gasteiger partial charge in [-0.25, -0.2) is 4.79 Å². The summed E-state index contributed by atoms with van der Waals surface area (Å²) < 4.78 is 11.4. The zero-order valence-corrected chi connectivity index (χ0v) is 31.0. The molecule has 6 rings (SSSR count). The van der Waals surface area contributed by atoms with Gasteiger partial charge in [-0.15, -0.1) is 5.10 Å². The maximum atomic E-state index is 13.2. The lowest BCUT2D eigenvalue weighted by Gasteiger charge is -2.31.